The minimum Gasteiger partial charge on any atom is -0.376 e. The van der Waals surface area contributed by atoms with Crippen LogP contribution >= 0.6 is 0 Å². The second kappa shape index (κ2) is 7.67. The Labute approximate surface area is 143 Å². The van der Waals surface area contributed by atoms with Gasteiger partial charge in [-0.15, -0.1) is 0 Å². The van der Waals surface area contributed by atoms with E-state index in [9.17, 15) is 18.5 Å². The number of nitrogens with zero attached hydrogens (tertiary/aromatic N) is 1. The third-order valence-electron chi connectivity index (χ3n) is 4.27. The molecule has 1 aromatic rings. The molecule has 0 atom stereocenters. The molecule has 1 aliphatic carbocycles. The topological polar surface area (TPSA) is 99.1 Å². The van der Waals surface area contributed by atoms with Gasteiger partial charge in [-0.25, -0.2) is 8.42 Å². The van der Waals surface area contributed by atoms with Crippen molar-refractivity contribution in [2.24, 2.45) is 0 Å². The Hall–Kier alpha value is -2.07. The molecule has 0 heterocycles. The van der Waals surface area contributed by atoms with Crippen LogP contribution in [0, 0.1) is 11.3 Å². The third kappa shape index (κ3) is 4.96. The number of carbonyl (C=O) groups is 1. The molecule has 7 heteroatoms. The highest BCUT2D eigenvalue weighted by Crippen LogP contribution is 2.26. The molecule has 130 valence electrons. The first-order valence-corrected chi connectivity index (χ1v) is 10.0. The highest BCUT2D eigenvalue weighted by atomic mass is 32.2. The van der Waals surface area contributed by atoms with Crippen LogP contribution in [0.1, 0.15) is 38.5 Å². The number of sulfone groups is 1. The van der Waals surface area contributed by atoms with Gasteiger partial charge in [-0.1, -0.05) is 31.7 Å². The molecule has 24 heavy (non-hydrogen) atoms. The van der Waals surface area contributed by atoms with Gasteiger partial charge in [0.15, 0.2) is 9.84 Å². The lowest BCUT2D eigenvalue weighted by Crippen LogP contribution is -2.48. The van der Waals surface area contributed by atoms with Crippen LogP contribution in [-0.4, -0.2) is 32.7 Å². The Morgan fingerprint density at radius 2 is 1.92 bits per heavy atom. The summed E-state index contributed by atoms with van der Waals surface area (Å²) < 4.78 is 23.1. The lowest BCUT2D eigenvalue weighted by molar-refractivity contribution is -0.120. The van der Waals surface area contributed by atoms with Crippen molar-refractivity contribution in [3.63, 3.8) is 0 Å². The van der Waals surface area contributed by atoms with Crippen molar-refractivity contribution in [3.8, 4) is 6.07 Å². The van der Waals surface area contributed by atoms with Gasteiger partial charge in [0, 0.05) is 11.9 Å². The van der Waals surface area contributed by atoms with Crippen molar-refractivity contribution < 1.29 is 13.2 Å². The summed E-state index contributed by atoms with van der Waals surface area (Å²) in [6.45, 7) is -0.00333. The number of carbonyl (C=O) groups excluding carboxylic acids is 1. The standard InChI is InChI=1S/C17H23N3O3S/c1-24(22,23)15-8-6-7-14(11-15)19-12-16(21)20-17(13-18)9-4-2-3-5-10-17/h6-8,11,19H,2-5,9-10,12H2,1H3,(H,20,21). The summed E-state index contributed by atoms with van der Waals surface area (Å²) in [5.41, 5.74) is -0.218. The van der Waals surface area contributed by atoms with Gasteiger partial charge in [0.2, 0.25) is 5.91 Å². The molecule has 0 aromatic heterocycles. The van der Waals surface area contributed by atoms with Crippen LogP contribution in [0.4, 0.5) is 5.69 Å². The van der Waals surface area contributed by atoms with Gasteiger partial charge in [-0.3, -0.25) is 4.79 Å². The Balaban J connectivity index is 1.97. The zero-order chi connectivity index (χ0) is 17.6. The highest BCUT2D eigenvalue weighted by Gasteiger charge is 2.32. The maximum Gasteiger partial charge on any atom is 0.240 e. The molecule has 1 saturated carbocycles. The van der Waals surface area contributed by atoms with E-state index in [-0.39, 0.29) is 17.3 Å². The van der Waals surface area contributed by atoms with Crippen LogP contribution in [0.25, 0.3) is 0 Å². The number of hydrogen-bond donors (Lipinski definition) is 2. The zero-order valence-electron chi connectivity index (χ0n) is 13.8. The highest BCUT2D eigenvalue weighted by molar-refractivity contribution is 7.90. The molecular weight excluding hydrogens is 326 g/mol. The minimum atomic E-state index is -3.29. The molecule has 2 rings (SSSR count). The number of nitrogens with one attached hydrogen (secondary N) is 2. The quantitative estimate of drug-likeness (QED) is 0.794. The van der Waals surface area contributed by atoms with Gasteiger partial charge in [0.25, 0.3) is 0 Å². The summed E-state index contributed by atoms with van der Waals surface area (Å²) in [6.07, 6.45) is 6.57. The fraction of sp³-hybridized carbons (Fsp3) is 0.529. The normalized spacial score (nSPS) is 17.3. The summed E-state index contributed by atoms with van der Waals surface area (Å²) in [4.78, 5) is 12.4. The fourth-order valence-electron chi connectivity index (χ4n) is 2.93. The first-order valence-electron chi connectivity index (χ1n) is 8.11. The lowest BCUT2D eigenvalue weighted by atomic mass is 9.92. The minimum absolute atomic E-state index is 0.00333. The van der Waals surface area contributed by atoms with Crippen molar-refractivity contribution in [1.82, 2.24) is 5.32 Å². The molecule has 6 nitrogen and oxygen atoms in total. The van der Waals surface area contributed by atoms with E-state index in [1.54, 1.807) is 12.1 Å². The van der Waals surface area contributed by atoms with Gasteiger partial charge in [-0.2, -0.15) is 5.26 Å². The second-order valence-corrected chi connectivity index (χ2v) is 8.33. The van der Waals surface area contributed by atoms with Crippen molar-refractivity contribution in [3.05, 3.63) is 24.3 Å². The zero-order valence-corrected chi connectivity index (χ0v) is 14.7. The first-order chi connectivity index (χ1) is 11.3. The molecular formula is C17H23N3O3S. The van der Waals surface area contributed by atoms with E-state index in [0.717, 1.165) is 31.9 Å². The predicted octanol–water partition coefficient (Wildman–Crippen LogP) is 2.23. The maximum atomic E-state index is 12.2. The van der Waals surface area contributed by atoms with Crippen LogP contribution in [0.5, 0.6) is 0 Å². The summed E-state index contributed by atoms with van der Waals surface area (Å²) in [5, 5.41) is 15.2. The van der Waals surface area contributed by atoms with E-state index in [4.69, 9.17) is 0 Å². The van der Waals surface area contributed by atoms with E-state index in [1.807, 2.05) is 0 Å². The number of hydrogen-bond acceptors (Lipinski definition) is 5. The molecule has 1 amide bonds. The number of amides is 1. The van der Waals surface area contributed by atoms with Gasteiger partial charge in [0.1, 0.15) is 5.54 Å². The smallest absolute Gasteiger partial charge is 0.240 e. The van der Waals surface area contributed by atoms with E-state index >= 15 is 0 Å². The van der Waals surface area contributed by atoms with Crippen LogP contribution in [-0.2, 0) is 14.6 Å². The number of anilines is 1. The van der Waals surface area contributed by atoms with Gasteiger partial charge < -0.3 is 10.6 Å². The molecule has 2 N–H and O–H groups in total. The number of nitriles is 1. The van der Waals surface area contributed by atoms with Gasteiger partial charge >= 0.3 is 0 Å². The van der Waals surface area contributed by atoms with Gasteiger partial charge in [0.05, 0.1) is 17.5 Å². The average molecular weight is 349 g/mol. The molecule has 0 spiro atoms. The molecule has 0 unspecified atom stereocenters. The maximum absolute atomic E-state index is 12.2. The molecule has 1 aliphatic rings. The molecule has 0 radical (unpaired) electrons. The fourth-order valence-corrected chi connectivity index (χ4v) is 3.59. The Bertz CT molecular complexity index is 730. The predicted molar refractivity (Wildman–Crippen MR) is 92.2 cm³/mol. The molecule has 1 fully saturated rings. The van der Waals surface area contributed by atoms with E-state index < -0.39 is 15.4 Å². The number of benzene rings is 1. The van der Waals surface area contributed by atoms with Crippen LogP contribution in [0.15, 0.2) is 29.2 Å². The van der Waals surface area contributed by atoms with Crippen molar-refractivity contribution in [2.45, 2.75) is 49.0 Å². The lowest BCUT2D eigenvalue weighted by Gasteiger charge is -2.26. The van der Waals surface area contributed by atoms with E-state index in [2.05, 4.69) is 16.7 Å². The molecule has 1 aromatic carbocycles. The summed E-state index contributed by atoms with van der Waals surface area (Å²) in [6, 6.07) is 8.61. The monoisotopic (exact) mass is 349 g/mol. The molecule has 0 saturated heterocycles. The van der Waals surface area contributed by atoms with Crippen LogP contribution < -0.4 is 10.6 Å². The van der Waals surface area contributed by atoms with Gasteiger partial charge in [-0.05, 0) is 31.0 Å². The Morgan fingerprint density at radius 1 is 1.25 bits per heavy atom. The largest absolute Gasteiger partial charge is 0.376 e. The van der Waals surface area contributed by atoms with Crippen molar-refractivity contribution in [2.75, 3.05) is 18.1 Å². The third-order valence-corrected chi connectivity index (χ3v) is 5.38. The number of rotatable bonds is 5. The van der Waals surface area contributed by atoms with Crippen molar-refractivity contribution >= 4 is 21.4 Å². The summed E-state index contributed by atoms with van der Waals surface area (Å²) in [5.74, 6) is -0.261. The van der Waals surface area contributed by atoms with Crippen molar-refractivity contribution in [1.29, 1.82) is 5.26 Å². The van der Waals surface area contributed by atoms with E-state index in [0.29, 0.717) is 18.5 Å². The van der Waals surface area contributed by atoms with Crippen LogP contribution in [0.2, 0.25) is 0 Å². The summed E-state index contributed by atoms with van der Waals surface area (Å²) in [7, 11) is -3.29. The Morgan fingerprint density at radius 3 is 2.50 bits per heavy atom. The molecule has 0 bridgehead atoms. The van der Waals surface area contributed by atoms with Crippen LogP contribution in [0.3, 0.4) is 0 Å². The SMILES string of the molecule is CS(=O)(=O)c1cccc(NCC(=O)NC2(C#N)CCCCCC2)c1. The average Bonchev–Trinajstić information content (AvgIpc) is 2.78. The van der Waals surface area contributed by atoms with E-state index in [1.165, 1.54) is 12.1 Å². The second-order valence-electron chi connectivity index (χ2n) is 6.31. The summed E-state index contributed by atoms with van der Waals surface area (Å²) >= 11 is 0. The Kier molecular flexibility index (Phi) is 5.84. The molecule has 0 aliphatic heterocycles. The first kappa shape index (κ1) is 18.3.